The number of hydrogen-bond donors (Lipinski definition) is 0. The molecule has 2 aliphatic rings. The van der Waals surface area contributed by atoms with Gasteiger partial charge in [-0.1, -0.05) is 18.2 Å². The van der Waals surface area contributed by atoms with Crippen LogP contribution < -0.4 is 4.90 Å². The number of benzene rings is 2. The van der Waals surface area contributed by atoms with Crippen molar-refractivity contribution in [3.63, 3.8) is 0 Å². The minimum absolute atomic E-state index is 0.0376. The predicted octanol–water partition coefficient (Wildman–Crippen LogP) is 1.88. The molecule has 0 bridgehead atoms. The molecular formula is C22H23N5O3S. The summed E-state index contributed by atoms with van der Waals surface area (Å²) in [6, 6.07) is 15.6. The van der Waals surface area contributed by atoms with Crippen LogP contribution in [0.2, 0.25) is 0 Å². The molecule has 3 aromatic rings. The standard InChI is InChI=1S/C22H23N5O3S/c28-21(16-6-7-18-19(14-16)24-31-23-18)27-12-13-30-20(15-27)22(29)26-10-8-25(9-11-26)17-4-2-1-3-5-17/h1-7,14,20H,8-13,15H2. The highest BCUT2D eigenvalue weighted by Crippen LogP contribution is 2.19. The average Bonchev–Trinajstić information content (AvgIpc) is 3.32. The fraction of sp³-hybridized carbons (Fsp3) is 0.364. The summed E-state index contributed by atoms with van der Waals surface area (Å²) in [6.45, 7) is 3.96. The first-order valence-corrected chi connectivity index (χ1v) is 11.1. The van der Waals surface area contributed by atoms with Gasteiger partial charge in [0.25, 0.3) is 11.8 Å². The van der Waals surface area contributed by atoms with Crippen molar-refractivity contribution in [3.05, 3.63) is 54.1 Å². The quantitative estimate of drug-likeness (QED) is 0.623. The molecule has 5 rings (SSSR count). The Labute approximate surface area is 184 Å². The number of rotatable bonds is 3. The molecule has 8 nitrogen and oxygen atoms in total. The van der Waals surface area contributed by atoms with Crippen LogP contribution in [0.15, 0.2) is 48.5 Å². The number of fused-ring (bicyclic) bond motifs is 1. The van der Waals surface area contributed by atoms with E-state index in [1.807, 2.05) is 23.1 Å². The molecule has 160 valence electrons. The minimum atomic E-state index is -0.620. The van der Waals surface area contributed by atoms with Gasteiger partial charge in [-0.3, -0.25) is 9.59 Å². The van der Waals surface area contributed by atoms with E-state index in [0.717, 1.165) is 30.3 Å². The zero-order valence-electron chi connectivity index (χ0n) is 17.0. The third-order valence-corrected chi connectivity index (χ3v) is 6.40. The summed E-state index contributed by atoms with van der Waals surface area (Å²) >= 11 is 1.13. The van der Waals surface area contributed by atoms with E-state index in [-0.39, 0.29) is 18.4 Å². The lowest BCUT2D eigenvalue weighted by molar-refractivity contribution is -0.148. The first-order chi connectivity index (χ1) is 15.2. The third-order valence-electron chi connectivity index (χ3n) is 5.84. The molecule has 2 aromatic carbocycles. The largest absolute Gasteiger partial charge is 0.368 e. The molecule has 2 aliphatic heterocycles. The van der Waals surface area contributed by atoms with Crippen LogP contribution in [0.4, 0.5) is 5.69 Å². The Morgan fingerprint density at radius 2 is 1.68 bits per heavy atom. The number of carbonyl (C=O) groups is 2. The number of anilines is 1. The van der Waals surface area contributed by atoms with Crippen molar-refractivity contribution < 1.29 is 14.3 Å². The van der Waals surface area contributed by atoms with Gasteiger partial charge in [-0.05, 0) is 30.3 Å². The third kappa shape index (κ3) is 4.11. The smallest absolute Gasteiger partial charge is 0.254 e. The van der Waals surface area contributed by atoms with Crippen LogP contribution in [0.1, 0.15) is 10.4 Å². The Morgan fingerprint density at radius 1 is 0.903 bits per heavy atom. The molecule has 0 N–H and O–H groups in total. The molecule has 9 heteroatoms. The highest BCUT2D eigenvalue weighted by atomic mass is 32.1. The summed E-state index contributed by atoms with van der Waals surface area (Å²) in [4.78, 5) is 31.9. The van der Waals surface area contributed by atoms with Crippen molar-refractivity contribution in [2.45, 2.75) is 6.10 Å². The van der Waals surface area contributed by atoms with Gasteiger partial charge < -0.3 is 19.4 Å². The summed E-state index contributed by atoms with van der Waals surface area (Å²) in [7, 11) is 0. The van der Waals surface area contributed by atoms with E-state index in [1.165, 1.54) is 5.69 Å². The molecule has 1 unspecified atom stereocenters. The van der Waals surface area contributed by atoms with E-state index in [9.17, 15) is 9.59 Å². The van der Waals surface area contributed by atoms with E-state index in [0.29, 0.717) is 37.3 Å². The number of nitrogens with zero attached hydrogens (tertiary/aromatic N) is 5. The van der Waals surface area contributed by atoms with Gasteiger partial charge in [-0.15, -0.1) is 0 Å². The Kier molecular flexibility index (Phi) is 5.52. The van der Waals surface area contributed by atoms with E-state index in [2.05, 4.69) is 25.8 Å². The number of amides is 2. The summed E-state index contributed by atoms with van der Waals surface area (Å²) in [5.74, 6) is -0.144. The topological polar surface area (TPSA) is 78.9 Å². The van der Waals surface area contributed by atoms with Gasteiger partial charge in [0, 0.05) is 44.0 Å². The van der Waals surface area contributed by atoms with Crippen LogP contribution >= 0.6 is 11.7 Å². The van der Waals surface area contributed by atoms with E-state index in [4.69, 9.17) is 4.74 Å². The zero-order chi connectivity index (χ0) is 21.2. The summed E-state index contributed by atoms with van der Waals surface area (Å²) < 4.78 is 14.1. The van der Waals surface area contributed by atoms with Crippen LogP contribution in [0.25, 0.3) is 11.0 Å². The van der Waals surface area contributed by atoms with Crippen molar-refractivity contribution in [3.8, 4) is 0 Å². The lowest BCUT2D eigenvalue weighted by Crippen LogP contribution is -2.56. The Bertz CT molecular complexity index is 1080. The second-order valence-electron chi connectivity index (χ2n) is 7.73. The number of morpholine rings is 1. The van der Waals surface area contributed by atoms with Gasteiger partial charge in [0.15, 0.2) is 6.10 Å². The summed E-state index contributed by atoms with van der Waals surface area (Å²) in [5.41, 5.74) is 3.23. The fourth-order valence-corrected chi connectivity index (χ4v) is 4.63. The zero-order valence-corrected chi connectivity index (χ0v) is 17.8. The Hall–Kier alpha value is -3.04. The highest BCUT2D eigenvalue weighted by Gasteiger charge is 2.34. The van der Waals surface area contributed by atoms with Crippen LogP contribution in [0.5, 0.6) is 0 Å². The van der Waals surface area contributed by atoms with Gasteiger partial charge in [0.2, 0.25) is 0 Å². The molecule has 2 saturated heterocycles. The van der Waals surface area contributed by atoms with Crippen LogP contribution in [0, 0.1) is 0 Å². The number of aromatic nitrogens is 2. The van der Waals surface area contributed by atoms with Gasteiger partial charge in [0.05, 0.1) is 24.9 Å². The molecular weight excluding hydrogens is 414 g/mol. The first-order valence-electron chi connectivity index (χ1n) is 10.4. The van der Waals surface area contributed by atoms with Gasteiger partial charge in [-0.25, -0.2) is 0 Å². The van der Waals surface area contributed by atoms with E-state index in [1.54, 1.807) is 23.1 Å². The summed E-state index contributed by atoms with van der Waals surface area (Å²) in [6.07, 6.45) is -0.620. The Morgan fingerprint density at radius 3 is 2.48 bits per heavy atom. The van der Waals surface area contributed by atoms with Crippen molar-refractivity contribution in [1.29, 1.82) is 0 Å². The van der Waals surface area contributed by atoms with Crippen molar-refractivity contribution >= 4 is 40.3 Å². The first kappa shape index (κ1) is 19.9. The minimum Gasteiger partial charge on any atom is -0.368 e. The average molecular weight is 438 g/mol. The second kappa shape index (κ2) is 8.60. The molecule has 2 amide bonds. The maximum atomic E-state index is 13.1. The molecule has 3 heterocycles. The second-order valence-corrected chi connectivity index (χ2v) is 8.25. The lowest BCUT2D eigenvalue weighted by Gasteiger charge is -2.39. The van der Waals surface area contributed by atoms with E-state index >= 15 is 0 Å². The number of ether oxygens (including phenoxy) is 1. The molecule has 0 radical (unpaired) electrons. The molecule has 2 fully saturated rings. The van der Waals surface area contributed by atoms with E-state index < -0.39 is 6.10 Å². The summed E-state index contributed by atoms with van der Waals surface area (Å²) in [5, 5.41) is 0. The van der Waals surface area contributed by atoms with Gasteiger partial charge in [0.1, 0.15) is 11.0 Å². The molecule has 0 spiro atoms. The van der Waals surface area contributed by atoms with Crippen LogP contribution in [0.3, 0.4) is 0 Å². The normalized spacial score (nSPS) is 19.6. The number of piperazine rings is 1. The maximum Gasteiger partial charge on any atom is 0.254 e. The van der Waals surface area contributed by atoms with Crippen molar-refractivity contribution in [2.75, 3.05) is 50.8 Å². The number of carbonyl (C=O) groups excluding carboxylic acids is 2. The highest BCUT2D eigenvalue weighted by molar-refractivity contribution is 7.00. The molecule has 0 aliphatic carbocycles. The Balaban J connectivity index is 1.21. The monoisotopic (exact) mass is 437 g/mol. The van der Waals surface area contributed by atoms with Crippen molar-refractivity contribution in [2.24, 2.45) is 0 Å². The van der Waals surface area contributed by atoms with Crippen LogP contribution in [-0.4, -0.2) is 82.3 Å². The number of hydrogen-bond acceptors (Lipinski definition) is 7. The predicted molar refractivity (Wildman–Crippen MR) is 118 cm³/mol. The SMILES string of the molecule is O=C(c1ccc2nsnc2c1)N1CCOC(C(=O)N2CCN(c3ccccc3)CC2)C1. The van der Waals surface area contributed by atoms with Gasteiger partial charge in [-0.2, -0.15) is 8.75 Å². The molecule has 0 saturated carbocycles. The molecule has 1 atom stereocenters. The maximum absolute atomic E-state index is 13.1. The molecule has 31 heavy (non-hydrogen) atoms. The van der Waals surface area contributed by atoms with Crippen molar-refractivity contribution in [1.82, 2.24) is 18.5 Å². The van der Waals surface area contributed by atoms with Crippen LogP contribution in [-0.2, 0) is 9.53 Å². The van der Waals surface area contributed by atoms with Gasteiger partial charge >= 0.3 is 0 Å². The molecule has 1 aromatic heterocycles. The fourth-order valence-electron chi connectivity index (χ4n) is 4.11. The lowest BCUT2D eigenvalue weighted by atomic mass is 10.1. The number of para-hydroxylation sites is 1.